The van der Waals surface area contributed by atoms with Gasteiger partial charge in [-0.25, -0.2) is 4.98 Å². The zero-order valence-corrected chi connectivity index (χ0v) is 24.0. The summed E-state index contributed by atoms with van der Waals surface area (Å²) < 4.78 is 0. The van der Waals surface area contributed by atoms with Crippen molar-refractivity contribution in [1.82, 2.24) is 19.7 Å². The lowest BCUT2D eigenvalue weighted by Crippen LogP contribution is -2.59. The van der Waals surface area contributed by atoms with Gasteiger partial charge in [0.05, 0.1) is 17.9 Å². The molecule has 0 radical (unpaired) electrons. The normalized spacial score (nSPS) is 22.0. The Balaban J connectivity index is 1.37. The maximum absolute atomic E-state index is 13.6. The van der Waals surface area contributed by atoms with Crippen molar-refractivity contribution in [1.29, 1.82) is 0 Å². The highest BCUT2D eigenvalue weighted by molar-refractivity contribution is 6.39. The molecule has 2 atom stereocenters. The van der Waals surface area contributed by atoms with Crippen LogP contribution in [-0.2, 0) is 14.4 Å². The third kappa shape index (κ3) is 5.91. The minimum absolute atomic E-state index is 0.0451. The molecule has 0 unspecified atom stereocenters. The Kier molecular flexibility index (Phi) is 7.98. The quantitative estimate of drug-likeness (QED) is 0.553. The molecule has 0 bridgehead atoms. The molecule has 1 aliphatic carbocycles. The fourth-order valence-corrected chi connectivity index (χ4v) is 5.69. The van der Waals surface area contributed by atoms with Crippen molar-refractivity contribution in [2.45, 2.75) is 51.6 Å². The van der Waals surface area contributed by atoms with Gasteiger partial charge in [0, 0.05) is 56.9 Å². The molecule has 3 amide bonds. The number of piperazine rings is 2. The van der Waals surface area contributed by atoms with Gasteiger partial charge in [-0.2, -0.15) is 0 Å². The average Bonchev–Trinajstić information content (AvgIpc) is 3.79. The summed E-state index contributed by atoms with van der Waals surface area (Å²) in [6.07, 6.45) is 3.59. The number of aromatic nitrogens is 1. The number of nitrogen functional groups attached to an aromatic ring is 1. The van der Waals surface area contributed by atoms with Gasteiger partial charge in [0.25, 0.3) is 0 Å². The highest BCUT2D eigenvalue weighted by Crippen LogP contribution is 2.42. The van der Waals surface area contributed by atoms with Gasteiger partial charge in [-0.15, -0.1) is 0 Å². The molecule has 3 fully saturated rings. The summed E-state index contributed by atoms with van der Waals surface area (Å²) >= 11 is 0. The standard InChI is InChI=1S/C30H41N7O3/c1-19(2)29(39)36-18-26(22-7-9-24(10-8-22)35-13-11-34(4)12-14-35)37(17-20(36)3)30(40)28(38)33-23-15-25(21-5-6-21)27(31)32-16-23/h7-10,15-16,19-21,26H,5-6,11-14,17-18H2,1-4H3,(H2,31,32)(H,33,38)/t20-,26-/m0/s1. The van der Waals surface area contributed by atoms with Gasteiger partial charge in [0.2, 0.25) is 5.91 Å². The molecule has 10 nitrogen and oxygen atoms in total. The summed E-state index contributed by atoms with van der Waals surface area (Å²) in [6.45, 7) is 10.2. The fourth-order valence-electron chi connectivity index (χ4n) is 5.69. The Morgan fingerprint density at radius 1 is 1.00 bits per heavy atom. The van der Waals surface area contributed by atoms with E-state index in [4.69, 9.17) is 5.73 Å². The first kappa shape index (κ1) is 27.9. The minimum atomic E-state index is -0.719. The number of benzene rings is 1. The maximum Gasteiger partial charge on any atom is 0.313 e. The van der Waals surface area contributed by atoms with E-state index in [1.54, 1.807) is 4.90 Å². The molecule has 1 saturated carbocycles. The number of carbonyl (C=O) groups is 3. The van der Waals surface area contributed by atoms with Crippen LogP contribution in [0.15, 0.2) is 36.5 Å². The first-order valence-electron chi connectivity index (χ1n) is 14.3. The highest BCUT2D eigenvalue weighted by atomic mass is 16.2. The molecule has 3 heterocycles. The smallest absolute Gasteiger partial charge is 0.313 e. The SMILES string of the molecule is CC(C)C(=O)N1C[C@@H](c2ccc(N3CCN(C)CC3)cc2)N(C(=O)C(=O)Nc2cnc(N)c(C3CC3)c2)C[C@@H]1C. The Morgan fingerprint density at radius 2 is 1.68 bits per heavy atom. The van der Waals surface area contributed by atoms with Gasteiger partial charge in [-0.1, -0.05) is 26.0 Å². The number of likely N-dealkylation sites (N-methyl/N-ethyl adjacent to an activating group) is 1. The number of pyridine rings is 1. The van der Waals surface area contributed by atoms with Gasteiger partial charge < -0.3 is 30.7 Å². The summed E-state index contributed by atoms with van der Waals surface area (Å²) in [6, 6.07) is 9.37. The van der Waals surface area contributed by atoms with Crippen LogP contribution in [0.1, 0.15) is 56.7 Å². The summed E-state index contributed by atoms with van der Waals surface area (Å²) in [5, 5.41) is 2.74. The number of rotatable bonds is 5. The number of anilines is 3. The summed E-state index contributed by atoms with van der Waals surface area (Å²) in [7, 11) is 2.13. The second kappa shape index (κ2) is 11.4. The van der Waals surface area contributed by atoms with Gasteiger partial charge in [0.15, 0.2) is 0 Å². The molecule has 0 spiro atoms. The molecular weight excluding hydrogens is 506 g/mol. The predicted molar refractivity (Wildman–Crippen MR) is 156 cm³/mol. The zero-order valence-electron chi connectivity index (χ0n) is 24.0. The number of carbonyl (C=O) groups excluding carboxylic acids is 3. The van der Waals surface area contributed by atoms with Crippen LogP contribution in [0, 0.1) is 5.92 Å². The van der Waals surface area contributed by atoms with Crippen LogP contribution in [0.25, 0.3) is 0 Å². The van der Waals surface area contributed by atoms with E-state index in [9.17, 15) is 14.4 Å². The number of nitrogens with two attached hydrogens (primary N) is 1. The van der Waals surface area contributed by atoms with E-state index in [0.29, 0.717) is 24.0 Å². The number of nitrogens with one attached hydrogen (secondary N) is 1. The van der Waals surface area contributed by atoms with E-state index < -0.39 is 17.9 Å². The summed E-state index contributed by atoms with van der Waals surface area (Å²) in [5.74, 6) is -0.627. The van der Waals surface area contributed by atoms with Crippen molar-refractivity contribution < 1.29 is 14.4 Å². The van der Waals surface area contributed by atoms with Crippen LogP contribution in [0.3, 0.4) is 0 Å². The van der Waals surface area contributed by atoms with E-state index >= 15 is 0 Å². The molecule has 1 aromatic carbocycles. The van der Waals surface area contributed by atoms with E-state index in [1.165, 1.54) is 6.20 Å². The lowest BCUT2D eigenvalue weighted by atomic mass is 9.97. The topological polar surface area (TPSA) is 115 Å². The van der Waals surface area contributed by atoms with E-state index in [1.807, 2.05) is 43.9 Å². The molecule has 214 valence electrons. The molecule has 40 heavy (non-hydrogen) atoms. The average molecular weight is 548 g/mol. The number of amides is 3. The van der Waals surface area contributed by atoms with Crippen LogP contribution in [-0.4, -0.2) is 89.8 Å². The van der Waals surface area contributed by atoms with Crippen LogP contribution in [0.5, 0.6) is 0 Å². The van der Waals surface area contributed by atoms with Crippen LogP contribution < -0.4 is 16.0 Å². The number of nitrogens with zero attached hydrogens (tertiary/aromatic N) is 5. The monoisotopic (exact) mass is 547 g/mol. The summed E-state index contributed by atoms with van der Waals surface area (Å²) in [4.78, 5) is 52.3. The Morgan fingerprint density at radius 3 is 2.30 bits per heavy atom. The minimum Gasteiger partial charge on any atom is -0.383 e. The van der Waals surface area contributed by atoms with Crippen molar-refractivity contribution in [2.75, 3.05) is 62.3 Å². The van der Waals surface area contributed by atoms with Crippen molar-refractivity contribution in [3.63, 3.8) is 0 Å². The molecule has 2 aliphatic heterocycles. The predicted octanol–water partition coefficient (Wildman–Crippen LogP) is 2.69. The van der Waals surface area contributed by atoms with Crippen molar-refractivity contribution in [3.05, 3.63) is 47.7 Å². The van der Waals surface area contributed by atoms with E-state index in [0.717, 1.165) is 55.8 Å². The Hall–Kier alpha value is -3.66. The molecule has 10 heteroatoms. The molecule has 5 rings (SSSR count). The second-order valence-electron chi connectivity index (χ2n) is 11.8. The van der Waals surface area contributed by atoms with Crippen LogP contribution in [0.4, 0.5) is 17.2 Å². The van der Waals surface area contributed by atoms with Crippen molar-refractivity contribution in [2.24, 2.45) is 5.92 Å². The highest BCUT2D eigenvalue weighted by Gasteiger charge is 2.40. The summed E-state index contributed by atoms with van der Waals surface area (Å²) in [5.41, 5.74) is 9.43. The Labute approximate surface area is 236 Å². The molecule has 3 aliphatic rings. The molecule has 1 aromatic heterocycles. The third-order valence-corrected chi connectivity index (χ3v) is 8.34. The lowest BCUT2D eigenvalue weighted by Gasteiger charge is -2.45. The molecular formula is C30H41N7O3. The second-order valence-corrected chi connectivity index (χ2v) is 11.8. The van der Waals surface area contributed by atoms with Crippen molar-refractivity contribution >= 4 is 34.9 Å². The Bertz CT molecular complexity index is 1250. The lowest BCUT2D eigenvalue weighted by molar-refractivity contribution is -0.152. The number of hydrogen-bond acceptors (Lipinski definition) is 7. The van der Waals surface area contributed by atoms with Gasteiger partial charge >= 0.3 is 11.8 Å². The van der Waals surface area contributed by atoms with E-state index in [-0.39, 0.29) is 24.4 Å². The van der Waals surface area contributed by atoms with Gasteiger partial charge in [-0.3, -0.25) is 14.4 Å². The largest absolute Gasteiger partial charge is 0.383 e. The van der Waals surface area contributed by atoms with Crippen molar-refractivity contribution in [3.8, 4) is 0 Å². The number of hydrogen-bond donors (Lipinski definition) is 2. The van der Waals surface area contributed by atoms with Crippen LogP contribution in [0.2, 0.25) is 0 Å². The molecule has 2 saturated heterocycles. The maximum atomic E-state index is 13.6. The fraction of sp³-hybridized carbons (Fsp3) is 0.533. The van der Waals surface area contributed by atoms with E-state index in [2.05, 4.69) is 39.3 Å². The third-order valence-electron chi connectivity index (χ3n) is 8.34. The molecule has 3 N–H and O–H groups in total. The first-order valence-corrected chi connectivity index (χ1v) is 14.3. The van der Waals surface area contributed by atoms with Gasteiger partial charge in [-0.05, 0) is 62.1 Å². The zero-order chi connectivity index (χ0) is 28.6. The first-order chi connectivity index (χ1) is 19.1. The van der Waals surface area contributed by atoms with Crippen LogP contribution >= 0.6 is 0 Å². The molecule has 2 aromatic rings. The van der Waals surface area contributed by atoms with Gasteiger partial charge in [0.1, 0.15) is 5.82 Å².